The van der Waals surface area contributed by atoms with Gasteiger partial charge in [-0.1, -0.05) is 6.07 Å². The van der Waals surface area contributed by atoms with Gasteiger partial charge in [0.2, 0.25) is 0 Å². The van der Waals surface area contributed by atoms with Crippen LogP contribution in [-0.4, -0.2) is 23.6 Å². The summed E-state index contributed by atoms with van der Waals surface area (Å²) in [7, 11) is 0. The Morgan fingerprint density at radius 3 is 2.33 bits per heavy atom. The summed E-state index contributed by atoms with van der Waals surface area (Å²) >= 11 is 0. The number of piperidine rings is 1. The number of alkyl halides is 3. The van der Waals surface area contributed by atoms with Crippen LogP contribution < -0.4 is 10.1 Å². The molecule has 2 unspecified atom stereocenters. The number of hydrogen-bond acceptors (Lipinski definition) is 3. The predicted octanol–water partition coefficient (Wildman–Crippen LogP) is 2.83. The molecule has 21 heavy (non-hydrogen) atoms. The Balaban J connectivity index is 1.85. The van der Waals surface area contributed by atoms with E-state index in [0.29, 0.717) is 18.4 Å². The van der Waals surface area contributed by atoms with E-state index in [-0.39, 0.29) is 12.1 Å². The highest BCUT2D eigenvalue weighted by molar-refractivity contribution is 5.33. The van der Waals surface area contributed by atoms with Gasteiger partial charge in [0.25, 0.3) is 0 Å². The number of rotatable bonds is 2. The van der Waals surface area contributed by atoms with Gasteiger partial charge in [0.05, 0.1) is 5.60 Å². The zero-order valence-corrected chi connectivity index (χ0v) is 11.1. The maximum Gasteiger partial charge on any atom is 0.573 e. The Kier molecular flexibility index (Phi) is 3.37. The fourth-order valence-electron chi connectivity index (χ4n) is 3.36. The van der Waals surface area contributed by atoms with Crippen LogP contribution in [0.5, 0.6) is 5.75 Å². The molecule has 2 bridgehead atoms. The highest BCUT2D eigenvalue weighted by atomic mass is 19.4. The summed E-state index contributed by atoms with van der Waals surface area (Å²) in [6, 6.07) is 3.49. The van der Waals surface area contributed by atoms with Crippen LogP contribution in [0.4, 0.5) is 17.6 Å². The van der Waals surface area contributed by atoms with Crippen molar-refractivity contribution in [1.29, 1.82) is 0 Å². The second-order valence-corrected chi connectivity index (χ2v) is 5.77. The number of ether oxygens (including phenoxy) is 1. The van der Waals surface area contributed by atoms with Crippen LogP contribution in [0.2, 0.25) is 0 Å². The molecule has 2 fully saturated rings. The topological polar surface area (TPSA) is 41.5 Å². The third-order valence-electron chi connectivity index (χ3n) is 4.20. The molecule has 0 radical (unpaired) electrons. The van der Waals surface area contributed by atoms with E-state index in [1.165, 1.54) is 6.07 Å². The Morgan fingerprint density at radius 2 is 1.81 bits per heavy atom. The van der Waals surface area contributed by atoms with Gasteiger partial charge in [0, 0.05) is 12.1 Å². The molecule has 2 aliphatic rings. The third-order valence-corrected chi connectivity index (χ3v) is 4.20. The van der Waals surface area contributed by atoms with Gasteiger partial charge in [-0.2, -0.15) is 0 Å². The van der Waals surface area contributed by atoms with E-state index >= 15 is 0 Å². The molecule has 7 heteroatoms. The Labute approximate surface area is 118 Å². The third kappa shape index (κ3) is 2.98. The van der Waals surface area contributed by atoms with E-state index < -0.39 is 23.5 Å². The summed E-state index contributed by atoms with van der Waals surface area (Å²) in [5.74, 6) is -2.00. The first kappa shape index (κ1) is 14.6. The van der Waals surface area contributed by atoms with E-state index in [1.54, 1.807) is 0 Å². The van der Waals surface area contributed by atoms with Gasteiger partial charge in [-0.25, -0.2) is 4.39 Å². The summed E-state index contributed by atoms with van der Waals surface area (Å²) in [4.78, 5) is 0. The Hall–Kier alpha value is -1.34. The van der Waals surface area contributed by atoms with Crippen LogP contribution in [0.3, 0.4) is 0 Å². The van der Waals surface area contributed by atoms with Gasteiger partial charge < -0.3 is 15.2 Å². The second kappa shape index (κ2) is 4.84. The van der Waals surface area contributed by atoms with E-state index in [4.69, 9.17) is 0 Å². The molecular weight excluding hydrogens is 290 g/mol. The smallest absolute Gasteiger partial charge is 0.403 e. The maximum absolute atomic E-state index is 13.8. The minimum atomic E-state index is -4.94. The van der Waals surface area contributed by atoms with Crippen molar-refractivity contribution in [2.45, 2.75) is 49.7 Å². The molecule has 116 valence electrons. The maximum atomic E-state index is 13.8. The SMILES string of the molecule is OC1(c2ccc(OC(F)(F)F)c(F)c2)CC2CCC(C1)N2. The van der Waals surface area contributed by atoms with Crippen molar-refractivity contribution < 1.29 is 27.4 Å². The van der Waals surface area contributed by atoms with Crippen LogP contribution in [0.15, 0.2) is 18.2 Å². The molecule has 1 aromatic rings. The summed E-state index contributed by atoms with van der Waals surface area (Å²) in [5, 5.41) is 14.0. The van der Waals surface area contributed by atoms with Crippen molar-refractivity contribution in [1.82, 2.24) is 5.32 Å². The van der Waals surface area contributed by atoms with Crippen LogP contribution in [0, 0.1) is 5.82 Å². The Morgan fingerprint density at radius 1 is 1.19 bits per heavy atom. The molecule has 1 aromatic carbocycles. The predicted molar refractivity (Wildman–Crippen MR) is 66.2 cm³/mol. The summed E-state index contributed by atoms with van der Waals surface area (Å²) in [6.07, 6.45) is -2.17. The van der Waals surface area contributed by atoms with Gasteiger partial charge in [0.15, 0.2) is 11.6 Å². The van der Waals surface area contributed by atoms with Gasteiger partial charge in [-0.05, 0) is 43.4 Å². The summed E-state index contributed by atoms with van der Waals surface area (Å²) < 4.78 is 53.7. The minimum absolute atomic E-state index is 0.169. The molecular formula is C14H15F4NO2. The first-order valence-corrected chi connectivity index (χ1v) is 6.79. The van der Waals surface area contributed by atoms with Gasteiger partial charge in [0.1, 0.15) is 0 Å². The number of nitrogens with one attached hydrogen (secondary N) is 1. The number of aliphatic hydroxyl groups is 1. The zero-order valence-electron chi connectivity index (χ0n) is 11.1. The lowest BCUT2D eigenvalue weighted by molar-refractivity contribution is -0.275. The van der Waals surface area contributed by atoms with Crippen molar-refractivity contribution in [3.63, 3.8) is 0 Å². The van der Waals surface area contributed by atoms with Crippen LogP contribution >= 0.6 is 0 Å². The summed E-state index contributed by atoms with van der Waals surface area (Å²) in [6.45, 7) is 0. The van der Waals surface area contributed by atoms with Crippen molar-refractivity contribution in [3.8, 4) is 5.75 Å². The molecule has 2 aliphatic heterocycles. The molecule has 0 aromatic heterocycles. The summed E-state index contributed by atoms with van der Waals surface area (Å²) in [5.41, 5.74) is -0.901. The molecule has 2 saturated heterocycles. The lowest BCUT2D eigenvalue weighted by Gasteiger charge is -2.37. The van der Waals surface area contributed by atoms with Crippen LogP contribution in [-0.2, 0) is 5.60 Å². The first-order chi connectivity index (χ1) is 9.75. The number of hydrogen-bond donors (Lipinski definition) is 2. The van der Waals surface area contributed by atoms with E-state index in [2.05, 4.69) is 10.1 Å². The molecule has 0 aliphatic carbocycles. The fraction of sp³-hybridized carbons (Fsp3) is 0.571. The fourth-order valence-corrected chi connectivity index (χ4v) is 3.36. The molecule has 0 amide bonds. The average molecular weight is 305 g/mol. The van der Waals surface area contributed by atoms with Crippen molar-refractivity contribution in [3.05, 3.63) is 29.6 Å². The number of benzene rings is 1. The molecule has 3 nitrogen and oxygen atoms in total. The largest absolute Gasteiger partial charge is 0.573 e. The lowest BCUT2D eigenvalue weighted by atomic mass is 9.81. The van der Waals surface area contributed by atoms with Gasteiger partial charge in [-0.15, -0.1) is 13.2 Å². The Bertz CT molecular complexity index is 534. The standard InChI is InChI=1S/C14H15F4NO2/c15-11-5-8(1-4-12(11)21-14(16,17)18)13(20)6-9-2-3-10(7-13)19-9/h1,4-5,9-10,19-20H,2-3,6-7H2. The van der Waals surface area contributed by atoms with Crippen molar-refractivity contribution >= 4 is 0 Å². The monoisotopic (exact) mass is 305 g/mol. The van der Waals surface area contributed by atoms with E-state index in [0.717, 1.165) is 25.0 Å². The molecule has 2 heterocycles. The molecule has 3 rings (SSSR count). The lowest BCUT2D eigenvalue weighted by Crippen LogP contribution is -2.46. The van der Waals surface area contributed by atoms with Crippen LogP contribution in [0.1, 0.15) is 31.2 Å². The quantitative estimate of drug-likeness (QED) is 0.826. The molecule has 0 spiro atoms. The molecule has 0 saturated carbocycles. The first-order valence-electron chi connectivity index (χ1n) is 6.79. The van der Waals surface area contributed by atoms with E-state index in [9.17, 15) is 22.7 Å². The minimum Gasteiger partial charge on any atom is -0.403 e. The highest BCUT2D eigenvalue weighted by Gasteiger charge is 2.43. The van der Waals surface area contributed by atoms with E-state index in [1.807, 2.05) is 0 Å². The van der Waals surface area contributed by atoms with Gasteiger partial charge in [-0.3, -0.25) is 0 Å². The average Bonchev–Trinajstić information content (AvgIpc) is 2.70. The number of fused-ring (bicyclic) bond motifs is 2. The molecule has 2 N–H and O–H groups in total. The van der Waals surface area contributed by atoms with Crippen molar-refractivity contribution in [2.75, 3.05) is 0 Å². The molecule has 2 atom stereocenters. The van der Waals surface area contributed by atoms with Crippen molar-refractivity contribution in [2.24, 2.45) is 0 Å². The zero-order chi connectivity index (χ0) is 15.3. The normalized spacial score (nSPS) is 32.2. The second-order valence-electron chi connectivity index (χ2n) is 5.77. The number of halogens is 4. The van der Waals surface area contributed by atoms with Crippen LogP contribution in [0.25, 0.3) is 0 Å². The van der Waals surface area contributed by atoms with Gasteiger partial charge >= 0.3 is 6.36 Å². The highest BCUT2D eigenvalue weighted by Crippen LogP contribution is 2.41.